The molecule has 1 N–H and O–H groups in total. The molecule has 0 radical (unpaired) electrons. The smallest absolute Gasteiger partial charge is 0.0688 e. The summed E-state index contributed by atoms with van der Waals surface area (Å²) in [5, 5.41) is 0. The van der Waals surface area contributed by atoms with Gasteiger partial charge >= 0.3 is 0 Å². The third-order valence-corrected chi connectivity index (χ3v) is 4.21. The maximum atomic E-state index is 4.71. The van der Waals surface area contributed by atoms with Crippen molar-refractivity contribution in [3.8, 4) is 0 Å². The quantitative estimate of drug-likeness (QED) is 0.809. The molecule has 2 heteroatoms. The number of aromatic nitrogens is 1. The van der Waals surface area contributed by atoms with E-state index in [0.29, 0.717) is 0 Å². The SMILES string of the molecule is CCC1=C(C)C(C)=N/C1=C\c1[nH]c(C)c(CC)c1C. The molecule has 0 spiro atoms. The molecule has 0 atom stereocenters. The summed E-state index contributed by atoms with van der Waals surface area (Å²) in [4.78, 5) is 8.20. The molecular weight excluding hydrogens is 232 g/mol. The van der Waals surface area contributed by atoms with Gasteiger partial charge in [0, 0.05) is 17.1 Å². The van der Waals surface area contributed by atoms with E-state index in [1.54, 1.807) is 0 Å². The van der Waals surface area contributed by atoms with Gasteiger partial charge in [0.25, 0.3) is 0 Å². The Morgan fingerprint density at radius 3 is 2.26 bits per heavy atom. The summed E-state index contributed by atoms with van der Waals surface area (Å²) < 4.78 is 0. The summed E-state index contributed by atoms with van der Waals surface area (Å²) in [5.74, 6) is 0. The van der Waals surface area contributed by atoms with Crippen LogP contribution in [0.5, 0.6) is 0 Å². The van der Waals surface area contributed by atoms with Gasteiger partial charge in [0.2, 0.25) is 0 Å². The zero-order chi connectivity index (χ0) is 14.2. The topological polar surface area (TPSA) is 28.1 Å². The molecule has 2 nitrogen and oxygen atoms in total. The molecule has 2 rings (SSSR count). The first-order valence-electron chi connectivity index (χ1n) is 7.15. The van der Waals surface area contributed by atoms with Gasteiger partial charge < -0.3 is 4.98 Å². The highest BCUT2D eigenvalue weighted by molar-refractivity contribution is 6.03. The van der Waals surface area contributed by atoms with Crippen LogP contribution < -0.4 is 0 Å². The molecule has 2 heterocycles. The molecule has 0 saturated carbocycles. The van der Waals surface area contributed by atoms with Crippen molar-refractivity contribution in [1.82, 2.24) is 4.98 Å². The third kappa shape index (κ3) is 2.32. The number of nitrogens with one attached hydrogen (secondary N) is 1. The Kier molecular flexibility index (Phi) is 3.79. The monoisotopic (exact) mass is 256 g/mol. The number of H-pyrrole nitrogens is 1. The lowest BCUT2D eigenvalue weighted by Gasteiger charge is -2.02. The van der Waals surface area contributed by atoms with E-state index in [2.05, 4.69) is 52.6 Å². The molecule has 0 aromatic carbocycles. The largest absolute Gasteiger partial charge is 0.359 e. The predicted octanol–water partition coefficient (Wildman–Crippen LogP) is 4.74. The van der Waals surface area contributed by atoms with Crippen LogP contribution in [-0.4, -0.2) is 10.7 Å². The van der Waals surface area contributed by atoms with Crippen LogP contribution in [0.3, 0.4) is 0 Å². The van der Waals surface area contributed by atoms with E-state index in [-0.39, 0.29) is 0 Å². The maximum Gasteiger partial charge on any atom is 0.0688 e. The average Bonchev–Trinajstić information content (AvgIpc) is 2.78. The van der Waals surface area contributed by atoms with Crippen molar-refractivity contribution in [2.75, 3.05) is 0 Å². The second-order valence-electron chi connectivity index (χ2n) is 5.30. The van der Waals surface area contributed by atoms with Crippen LogP contribution in [0.4, 0.5) is 0 Å². The van der Waals surface area contributed by atoms with Crippen LogP contribution in [0, 0.1) is 13.8 Å². The Morgan fingerprint density at radius 2 is 1.74 bits per heavy atom. The first kappa shape index (κ1) is 13.9. The fourth-order valence-electron chi connectivity index (χ4n) is 2.93. The zero-order valence-electron chi connectivity index (χ0n) is 12.9. The molecule has 1 aliphatic rings. The molecule has 1 aromatic heterocycles. The second-order valence-corrected chi connectivity index (χ2v) is 5.30. The molecule has 0 saturated heterocycles. The summed E-state index contributed by atoms with van der Waals surface area (Å²) in [7, 11) is 0. The van der Waals surface area contributed by atoms with E-state index >= 15 is 0 Å². The van der Waals surface area contributed by atoms with E-state index < -0.39 is 0 Å². The van der Waals surface area contributed by atoms with Crippen LogP contribution >= 0.6 is 0 Å². The lowest BCUT2D eigenvalue weighted by Crippen LogP contribution is -1.89. The van der Waals surface area contributed by atoms with Crippen LogP contribution in [0.25, 0.3) is 6.08 Å². The fraction of sp³-hybridized carbons (Fsp3) is 0.471. The van der Waals surface area contributed by atoms with E-state index in [1.165, 1.54) is 33.7 Å². The summed E-state index contributed by atoms with van der Waals surface area (Å²) in [6, 6.07) is 0. The van der Waals surface area contributed by atoms with E-state index in [0.717, 1.165) is 24.3 Å². The molecule has 1 aromatic rings. The second kappa shape index (κ2) is 5.20. The number of hydrogen-bond donors (Lipinski definition) is 1. The molecule has 0 aliphatic carbocycles. The maximum absolute atomic E-state index is 4.71. The molecule has 102 valence electrons. The van der Waals surface area contributed by atoms with Gasteiger partial charge in [-0.2, -0.15) is 0 Å². The van der Waals surface area contributed by atoms with Gasteiger partial charge in [0.15, 0.2) is 0 Å². The Morgan fingerprint density at radius 1 is 1.05 bits per heavy atom. The standard InChI is InChI=1S/C17H24N2/c1-7-14-11(4)16(19-13(14)6)9-17-15(8-2)10(3)12(5)18-17/h9,19H,7-8H2,1-6H3/b17-9-. The number of aryl methyl sites for hydroxylation is 1. The Hall–Kier alpha value is -1.57. The lowest BCUT2D eigenvalue weighted by atomic mass is 10.0. The van der Waals surface area contributed by atoms with Gasteiger partial charge in [-0.1, -0.05) is 13.8 Å². The Labute approximate surface area is 116 Å². The fourth-order valence-corrected chi connectivity index (χ4v) is 2.93. The first-order valence-corrected chi connectivity index (χ1v) is 7.15. The van der Waals surface area contributed by atoms with Crippen molar-refractivity contribution in [2.45, 2.75) is 54.4 Å². The molecule has 1 aliphatic heterocycles. The van der Waals surface area contributed by atoms with Gasteiger partial charge in [-0.15, -0.1) is 0 Å². The molecule has 19 heavy (non-hydrogen) atoms. The molecule has 0 unspecified atom stereocenters. The van der Waals surface area contributed by atoms with E-state index in [4.69, 9.17) is 4.99 Å². The van der Waals surface area contributed by atoms with Crippen molar-refractivity contribution in [3.05, 3.63) is 39.4 Å². The highest BCUT2D eigenvalue weighted by Gasteiger charge is 2.17. The number of nitrogens with zero attached hydrogens (tertiary/aromatic N) is 1. The lowest BCUT2D eigenvalue weighted by molar-refractivity contribution is 1.08. The first-order chi connectivity index (χ1) is 8.99. The van der Waals surface area contributed by atoms with Crippen molar-refractivity contribution >= 4 is 11.8 Å². The average molecular weight is 256 g/mol. The third-order valence-electron chi connectivity index (χ3n) is 4.21. The van der Waals surface area contributed by atoms with Crippen molar-refractivity contribution < 1.29 is 0 Å². The van der Waals surface area contributed by atoms with E-state index in [9.17, 15) is 0 Å². The number of aliphatic imine (C=N–C) groups is 1. The summed E-state index contributed by atoms with van der Waals surface area (Å²) in [6.45, 7) is 13.0. The van der Waals surface area contributed by atoms with Gasteiger partial charge in [-0.05, 0) is 68.9 Å². The van der Waals surface area contributed by atoms with Gasteiger partial charge in [0.05, 0.1) is 5.70 Å². The van der Waals surface area contributed by atoms with Crippen molar-refractivity contribution in [3.63, 3.8) is 0 Å². The van der Waals surface area contributed by atoms with Gasteiger partial charge in [-0.3, -0.25) is 4.99 Å². The normalized spacial score (nSPS) is 17.6. The molecule has 0 bridgehead atoms. The van der Waals surface area contributed by atoms with Crippen LogP contribution in [0.15, 0.2) is 21.8 Å². The predicted molar refractivity (Wildman–Crippen MR) is 83.7 cm³/mol. The molecular formula is C17H24N2. The number of aromatic amines is 1. The minimum Gasteiger partial charge on any atom is -0.359 e. The van der Waals surface area contributed by atoms with Crippen LogP contribution in [-0.2, 0) is 6.42 Å². The number of allylic oxidation sites excluding steroid dienone is 2. The minimum absolute atomic E-state index is 1.04. The van der Waals surface area contributed by atoms with Gasteiger partial charge in [-0.25, -0.2) is 0 Å². The van der Waals surface area contributed by atoms with Gasteiger partial charge in [0.1, 0.15) is 0 Å². The molecule has 0 amide bonds. The Balaban J connectivity index is 2.49. The summed E-state index contributed by atoms with van der Waals surface area (Å²) >= 11 is 0. The van der Waals surface area contributed by atoms with Crippen molar-refractivity contribution in [2.24, 2.45) is 4.99 Å². The molecule has 0 fully saturated rings. The Bertz CT molecular complexity index is 595. The minimum atomic E-state index is 1.04. The number of rotatable bonds is 3. The zero-order valence-corrected chi connectivity index (χ0v) is 12.9. The summed E-state index contributed by atoms with van der Waals surface area (Å²) in [5.41, 5.74) is 10.3. The van der Waals surface area contributed by atoms with Crippen LogP contribution in [0.1, 0.15) is 56.6 Å². The van der Waals surface area contributed by atoms with Crippen LogP contribution in [0.2, 0.25) is 0 Å². The highest BCUT2D eigenvalue weighted by Crippen LogP contribution is 2.30. The summed E-state index contributed by atoms with van der Waals surface area (Å²) in [6.07, 6.45) is 4.33. The van der Waals surface area contributed by atoms with Crippen molar-refractivity contribution in [1.29, 1.82) is 0 Å². The highest BCUT2D eigenvalue weighted by atomic mass is 14.8. The van der Waals surface area contributed by atoms with E-state index in [1.807, 2.05) is 0 Å². The number of hydrogen-bond acceptors (Lipinski definition) is 1.